The Hall–Kier alpha value is -2.66. The van der Waals surface area contributed by atoms with Crippen molar-refractivity contribution in [2.45, 2.75) is 19.9 Å². The van der Waals surface area contributed by atoms with Gasteiger partial charge in [-0.3, -0.25) is 4.79 Å². The van der Waals surface area contributed by atoms with E-state index in [0.717, 1.165) is 41.9 Å². The van der Waals surface area contributed by atoms with E-state index in [1.54, 1.807) is 6.07 Å². The van der Waals surface area contributed by atoms with Crippen LogP contribution in [0.2, 0.25) is 0 Å². The van der Waals surface area contributed by atoms with Crippen molar-refractivity contribution in [3.63, 3.8) is 0 Å². The van der Waals surface area contributed by atoms with Crippen molar-refractivity contribution in [3.8, 4) is 0 Å². The SMILES string of the molecule is Cc1ccc(Nc2nc3ccc(C=O)cc3n2CCCN)cc1. The molecule has 5 nitrogen and oxygen atoms in total. The van der Waals surface area contributed by atoms with Crippen molar-refractivity contribution in [1.82, 2.24) is 9.55 Å². The van der Waals surface area contributed by atoms with Crippen LogP contribution in [0.15, 0.2) is 42.5 Å². The second-order valence-corrected chi connectivity index (χ2v) is 5.59. The van der Waals surface area contributed by atoms with Crippen molar-refractivity contribution in [3.05, 3.63) is 53.6 Å². The highest BCUT2D eigenvalue weighted by Gasteiger charge is 2.11. The maximum absolute atomic E-state index is 11.0. The van der Waals surface area contributed by atoms with Gasteiger partial charge in [0.1, 0.15) is 6.29 Å². The predicted molar refractivity (Wildman–Crippen MR) is 93.3 cm³/mol. The average molecular weight is 308 g/mol. The van der Waals surface area contributed by atoms with Gasteiger partial charge in [0.2, 0.25) is 5.95 Å². The van der Waals surface area contributed by atoms with Gasteiger partial charge in [0.15, 0.2) is 0 Å². The molecule has 1 aromatic heterocycles. The number of fused-ring (bicyclic) bond motifs is 1. The lowest BCUT2D eigenvalue weighted by Gasteiger charge is -2.10. The normalized spacial score (nSPS) is 10.9. The first kappa shape index (κ1) is 15.2. The Balaban J connectivity index is 2.03. The van der Waals surface area contributed by atoms with Crippen LogP contribution in [0.25, 0.3) is 11.0 Å². The molecule has 118 valence electrons. The smallest absolute Gasteiger partial charge is 0.208 e. The number of imidazole rings is 1. The third-order valence-corrected chi connectivity index (χ3v) is 3.80. The summed E-state index contributed by atoms with van der Waals surface area (Å²) in [6, 6.07) is 13.7. The number of carbonyl (C=O) groups is 1. The number of aromatic nitrogens is 2. The van der Waals surface area contributed by atoms with E-state index in [9.17, 15) is 4.79 Å². The van der Waals surface area contributed by atoms with Crippen LogP contribution in [0.3, 0.4) is 0 Å². The minimum Gasteiger partial charge on any atom is -0.330 e. The van der Waals surface area contributed by atoms with Gasteiger partial charge >= 0.3 is 0 Å². The van der Waals surface area contributed by atoms with Gasteiger partial charge < -0.3 is 15.6 Å². The Morgan fingerprint density at radius 1 is 1.22 bits per heavy atom. The topological polar surface area (TPSA) is 72.9 Å². The number of hydrogen-bond acceptors (Lipinski definition) is 4. The first-order valence-corrected chi connectivity index (χ1v) is 7.70. The number of anilines is 2. The number of carbonyl (C=O) groups excluding carboxylic acids is 1. The Morgan fingerprint density at radius 2 is 2.00 bits per heavy atom. The molecule has 0 atom stereocenters. The van der Waals surface area contributed by atoms with Gasteiger partial charge in [-0.05, 0) is 50.2 Å². The van der Waals surface area contributed by atoms with Crippen molar-refractivity contribution >= 4 is 29.0 Å². The zero-order chi connectivity index (χ0) is 16.2. The number of aldehydes is 1. The summed E-state index contributed by atoms with van der Waals surface area (Å²) in [6.07, 6.45) is 1.70. The maximum Gasteiger partial charge on any atom is 0.208 e. The fourth-order valence-corrected chi connectivity index (χ4v) is 2.55. The van der Waals surface area contributed by atoms with Gasteiger partial charge in [0, 0.05) is 17.8 Å². The van der Waals surface area contributed by atoms with Gasteiger partial charge in [-0.15, -0.1) is 0 Å². The zero-order valence-corrected chi connectivity index (χ0v) is 13.1. The second kappa shape index (κ2) is 6.62. The highest BCUT2D eigenvalue weighted by molar-refractivity contribution is 5.87. The summed E-state index contributed by atoms with van der Waals surface area (Å²) >= 11 is 0. The molecule has 23 heavy (non-hydrogen) atoms. The molecule has 0 spiro atoms. The molecule has 0 aliphatic rings. The highest BCUT2D eigenvalue weighted by Crippen LogP contribution is 2.24. The van der Waals surface area contributed by atoms with E-state index in [0.29, 0.717) is 12.1 Å². The van der Waals surface area contributed by atoms with Crippen molar-refractivity contribution in [2.75, 3.05) is 11.9 Å². The quantitative estimate of drug-likeness (QED) is 0.686. The molecule has 0 unspecified atom stereocenters. The lowest BCUT2D eigenvalue weighted by Crippen LogP contribution is -2.08. The van der Waals surface area contributed by atoms with Gasteiger partial charge in [-0.25, -0.2) is 4.98 Å². The van der Waals surface area contributed by atoms with Crippen molar-refractivity contribution in [2.24, 2.45) is 5.73 Å². The Morgan fingerprint density at radius 3 is 2.70 bits per heavy atom. The first-order valence-electron chi connectivity index (χ1n) is 7.70. The first-order chi connectivity index (χ1) is 11.2. The molecule has 0 aliphatic heterocycles. The Bertz CT molecular complexity index is 821. The number of hydrogen-bond donors (Lipinski definition) is 2. The third kappa shape index (κ3) is 3.24. The molecule has 0 bridgehead atoms. The largest absolute Gasteiger partial charge is 0.330 e. The molecule has 5 heteroatoms. The van der Waals surface area contributed by atoms with E-state index in [-0.39, 0.29) is 0 Å². The molecule has 0 amide bonds. The molecular weight excluding hydrogens is 288 g/mol. The van der Waals surface area contributed by atoms with E-state index in [1.807, 2.05) is 24.3 Å². The summed E-state index contributed by atoms with van der Waals surface area (Å²) in [5, 5.41) is 3.36. The fourth-order valence-electron chi connectivity index (χ4n) is 2.55. The summed E-state index contributed by atoms with van der Waals surface area (Å²) in [4.78, 5) is 15.7. The van der Waals surface area contributed by atoms with Crippen LogP contribution in [0.4, 0.5) is 11.6 Å². The molecule has 0 radical (unpaired) electrons. The zero-order valence-electron chi connectivity index (χ0n) is 13.1. The molecule has 0 saturated heterocycles. The summed E-state index contributed by atoms with van der Waals surface area (Å²) in [7, 11) is 0. The standard InChI is InChI=1S/C18H20N4O/c1-13-3-6-15(7-4-13)20-18-21-16-8-5-14(12-23)11-17(16)22(18)10-2-9-19/h3-8,11-12H,2,9-10,19H2,1H3,(H,20,21). The van der Waals surface area contributed by atoms with E-state index >= 15 is 0 Å². The molecule has 3 N–H and O–H groups in total. The lowest BCUT2D eigenvalue weighted by molar-refractivity contribution is 0.112. The molecule has 3 rings (SSSR count). The van der Waals surface area contributed by atoms with Crippen molar-refractivity contribution < 1.29 is 4.79 Å². The van der Waals surface area contributed by atoms with Gasteiger partial charge in [0.05, 0.1) is 11.0 Å². The number of nitrogens with zero attached hydrogens (tertiary/aromatic N) is 2. The lowest BCUT2D eigenvalue weighted by atomic mass is 10.2. The Labute approximate surface area is 135 Å². The third-order valence-electron chi connectivity index (χ3n) is 3.80. The number of nitrogens with one attached hydrogen (secondary N) is 1. The monoisotopic (exact) mass is 308 g/mol. The summed E-state index contributed by atoms with van der Waals surface area (Å²) < 4.78 is 2.08. The fraction of sp³-hybridized carbons (Fsp3) is 0.222. The van der Waals surface area contributed by atoms with E-state index < -0.39 is 0 Å². The van der Waals surface area contributed by atoms with E-state index in [1.165, 1.54) is 5.56 Å². The maximum atomic E-state index is 11.0. The second-order valence-electron chi connectivity index (χ2n) is 5.59. The van der Waals surface area contributed by atoms with E-state index in [2.05, 4.69) is 33.9 Å². The number of benzene rings is 2. The minimum atomic E-state index is 0.608. The van der Waals surface area contributed by atoms with Crippen LogP contribution in [0.5, 0.6) is 0 Å². The average Bonchev–Trinajstić information content (AvgIpc) is 2.91. The predicted octanol–water partition coefficient (Wildman–Crippen LogP) is 3.25. The molecule has 0 aliphatic carbocycles. The van der Waals surface area contributed by atoms with Crippen LogP contribution >= 0.6 is 0 Å². The van der Waals surface area contributed by atoms with Crippen LogP contribution in [0.1, 0.15) is 22.3 Å². The minimum absolute atomic E-state index is 0.608. The molecule has 3 aromatic rings. The Kier molecular flexibility index (Phi) is 4.39. The van der Waals surface area contributed by atoms with E-state index in [4.69, 9.17) is 5.73 Å². The summed E-state index contributed by atoms with van der Waals surface area (Å²) in [5.74, 6) is 0.764. The van der Waals surface area contributed by atoms with Gasteiger partial charge in [-0.2, -0.15) is 0 Å². The molecule has 2 aromatic carbocycles. The van der Waals surface area contributed by atoms with Gasteiger partial charge in [-0.1, -0.05) is 17.7 Å². The molecule has 0 fully saturated rings. The molecule has 0 saturated carbocycles. The number of aryl methyl sites for hydroxylation is 2. The van der Waals surface area contributed by atoms with Crippen LogP contribution in [-0.4, -0.2) is 22.4 Å². The summed E-state index contributed by atoms with van der Waals surface area (Å²) in [6.45, 7) is 3.42. The number of nitrogens with two attached hydrogens (primary N) is 1. The van der Waals surface area contributed by atoms with Gasteiger partial charge in [0.25, 0.3) is 0 Å². The van der Waals surface area contributed by atoms with Crippen LogP contribution in [-0.2, 0) is 6.54 Å². The number of rotatable bonds is 6. The van der Waals surface area contributed by atoms with Crippen LogP contribution in [0, 0.1) is 6.92 Å². The van der Waals surface area contributed by atoms with Crippen molar-refractivity contribution in [1.29, 1.82) is 0 Å². The molecular formula is C18H20N4O. The molecule has 1 heterocycles. The van der Waals surface area contributed by atoms with Crippen LogP contribution < -0.4 is 11.1 Å². The summed E-state index contributed by atoms with van der Waals surface area (Å²) in [5.41, 5.74) is 10.3. The highest BCUT2D eigenvalue weighted by atomic mass is 16.1.